The lowest BCUT2D eigenvalue weighted by Gasteiger charge is -2.35. The van der Waals surface area contributed by atoms with E-state index in [4.69, 9.17) is 0 Å². The van der Waals surface area contributed by atoms with Gasteiger partial charge >= 0.3 is 0 Å². The standard InChI is InChI=1S/C21H34N2O/c1-20(2,3)14-18-17(11-8-12-22-18)19(24)23-16-10-7-9-15(13-16)21(4,5)6/h7,9-10,13,17-18,22H,8,11-12,14H2,1-6H3,(H,23,24)/t17-,18-/m0/s1. The third kappa shape index (κ3) is 5.34. The maximum Gasteiger partial charge on any atom is 0.229 e. The van der Waals surface area contributed by atoms with Crippen LogP contribution in [0.3, 0.4) is 0 Å². The largest absolute Gasteiger partial charge is 0.326 e. The molecule has 0 saturated carbocycles. The van der Waals surface area contributed by atoms with Crippen molar-refractivity contribution in [2.75, 3.05) is 11.9 Å². The van der Waals surface area contributed by atoms with Crippen LogP contribution >= 0.6 is 0 Å². The second kappa shape index (κ2) is 7.26. The molecule has 24 heavy (non-hydrogen) atoms. The Bertz CT molecular complexity index is 566. The number of hydrogen-bond acceptors (Lipinski definition) is 2. The quantitative estimate of drug-likeness (QED) is 0.841. The highest BCUT2D eigenvalue weighted by molar-refractivity contribution is 5.93. The van der Waals surface area contributed by atoms with Gasteiger partial charge in [-0.15, -0.1) is 0 Å². The summed E-state index contributed by atoms with van der Waals surface area (Å²) in [5, 5.41) is 6.73. The zero-order valence-electron chi connectivity index (χ0n) is 16.2. The lowest BCUT2D eigenvalue weighted by molar-refractivity contribution is -0.121. The maximum atomic E-state index is 12.9. The summed E-state index contributed by atoms with van der Waals surface area (Å²) in [6.07, 6.45) is 3.06. The molecule has 1 aliphatic rings. The van der Waals surface area contributed by atoms with E-state index in [9.17, 15) is 4.79 Å². The summed E-state index contributed by atoms with van der Waals surface area (Å²) >= 11 is 0. The van der Waals surface area contributed by atoms with Crippen LogP contribution in [0.5, 0.6) is 0 Å². The van der Waals surface area contributed by atoms with Crippen molar-refractivity contribution in [3.8, 4) is 0 Å². The first kappa shape index (κ1) is 19.0. The number of carbonyl (C=O) groups is 1. The Morgan fingerprint density at radius 3 is 2.54 bits per heavy atom. The summed E-state index contributed by atoms with van der Waals surface area (Å²) in [5.41, 5.74) is 2.46. The predicted molar refractivity (Wildman–Crippen MR) is 102 cm³/mol. The van der Waals surface area contributed by atoms with Gasteiger partial charge in [0.25, 0.3) is 0 Å². The lowest BCUT2D eigenvalue weighted by Crippen LogP contribution is -2.48. The second-order valence-electron chi connectivity index (χ2n) is 9.39. The number of anilines is 1. The maximum absolute atomic E-state index is 12.9. The highest BCUT2D eigenvalue weighted by Crippen LogP contribution is 2.30. The van der Waals surface area contributed by atoms with Crippen LogP contribution in [0.1, 0.15) is 66.4 Å². The van der Waals surface area contributed by atoms with E-state index in [2.05, 4.69) is 64.3 Å². The van der Waals surface area contributed by atoms with Gasteiger partial charge < -0.3 is 10.6 Å². The Labute approximate surface area is 147 Å². The van der Waals surface area contributed by atoms with Gasteiger partial charge in [-0.3, -0.25) is 4.79 Å². The molecular formula is C21H34N2O. The van der Waals surface area contributed by atoms with Crippen LogP contribution in [-0.4, -0.2) is 18.5 Å². The highest BCUT2D eigenvalue weighted by Gasteiger charge is 2.33. The van der Waals surface area contributed by atoms with Crippen molar-refractivity contribution < 1.29 is 4.79 Å². The third-order valence-corrected chi connectivity index (χ3v) is 4.75. The van der Waals surface area contributed by atoms with E-state index in [0.717, 1.165) is 31.5 Å². The van der Waals surface area contributed by atoms with E-state index >= 15 is 0 Å². The molecule has 1 aliphatic heterocycles. The van der Waals surface area contributed by atoms with Crippen molar-refractivity contribution >= 4 is 11.6 Å². The number of amides is 1. The summed E-state index contributed by atoms with van der Waals surface area (Å²) in [6, 6.07) is 8.52. The smallest absolute Gasteiger partial charge is 0.229 e. The predicted octanol–water partition coefficient (Wildman–Crippen LogP) is 4.73. The Morgan fingerprint density at radius 2 is 1.92 bits per heavy atom. The molecule has 3 nitrogen and oxygen atoms in total. The fourth-order valence-corrected chi connectivity index (χ4v) is 3.44. The first-order chi connectivity index (χ1) is 11.1. The number of nitrogens with one attached hydrogen (secondary N) is 2. The molecule has 1 aromatic carbocycles. The highest BCUT2D eigenvalue weighted by atomic mass is 16.1. The topological polar surface area (TPSA) is 41.1 Å². The van der Waals surface area contributed by atoms with Gasteiger partial charge in [0.2, 0.25) is 5.91 Å². The second-order valence-corrected chi connectivity index (χ2v) is 9.39. The van der Waals surface area contributed by atoms with Crippen molar-refractivity contribution in [2.24, 2.45) is 11.3 Å². The minimum Gasteiger partial charge on any atom is -0.326 e. The molecular weight excluding hydrogens is 296 g/mol. The first-order valence-electron chi connectivity index (χ1n) is 9.21. The molecule has 0 radical (unpaired) electrons. The number of hydrogen-bond donors (Lipinski definition) is 2. The normalized spacial score (nSPS) is 22.2. The third-order valence-electron chi connectivity index (χ3n) is 4.75. The zero-order chi connectivity index (χ0) is 18.0. The number of piperidine rings is 1. The average Bonchev–Trinajstić information content (AvgIpc) is 2.45. The van der Waals surface area contributed by atoms with Crippen LogP contribution < -0.4 is 10.6 Å². The summed E-state index contributed by atoms with van der Waals surface area (Å²) in [4.78, 5) is 12.9. The number of rotatable bonds is 3. The van der Waals surface area contributed by atoms with Crippen LogP contribution in [-0.2, 0) is 10.2 Å². The van der Waals surface area contributed by atoms with E-state index in [1.54, 1.807) is 0 Å². The van der Waals surface area contributed by atoms with Crippen molar-refractivity contribution in [1.29, 1.82) is 0 Å². The van der Waals surface area contributed by atoms with Crippen LogP contribution in [0.15, 0.2) is 24.3 Å². The minimum absolute atomic E-state index is 0.0521. The molecule has 1 saturated heterocycles. The average molecular weight is 331 g/mol. The number of carbonyl (C=O) groups excluding carboxylic acids is 1. The Morgan fingerprint density at radius 1 is 1.21 bits per heavy atom. The van der Waals surface area contributed by atoms with Gasteiger partial charge in [0.15, 0.2) is 0 Å². The first-order valence-corrected chi connectivity index (χ1v) is 9.21. The van der Waals surface area contributed by atoms with E-state index in [1.807, 2.05) is 12.1 Å². The Hall–Kier alpha value is -1.35. The molecule has 1 fully saturated rings. The molecule has 1 amide bonds. The van der Waals surface area contributed by atoms with Crippen molar-refractivity contribution in [2.45, 2.75) is 72.3 Å². The molecule has 0 aromatic heterocycles. The molecule has 1 aromatic rings. The van der Waals surface area contributed by atoms with Crippen molar-refractivity contribution in [1.82, 2.24) is 5.32 Å². The Balaban J connectivity index is 2.10. The fraction of sp³-hybridized carbons (Fsp3) is 0.667. The van der Waals surface area contributed by atoms with Crippen LogP contribution in [0.25, 0.3) is 0 Å². The van der Waals surface area contributed by atoms with Gasteiger partial charge in [-0.2, -0.15) is 0 Å². The molecule has 3 heteroatoms. The van der Waals surface area contributed by atoms with Crippen LogP contribution in [0.4, 0.5) is 5.69 Å². The summed E-state index contributed by atoms with van der Waals surface area (Å²) < 4.78 is 0. The molecule has 0 bridgehead atoms. The molecule has 1 heterocycles. The van der Waals surface area contributed by atoms with Gasteiger partial charge in [-0.1, -0.05) is 53.7 Å². The van der Waals surface area contributed by atoms with Crippen molar-refractivity contribution in [3.05, 3.63) is 29.8 Å². The van der Waals surface area contributed by atoms with Gasteiger partial charge in [0.05, 0.1) is 5.92 Å². The molecule has 2 rings (SSSR count). The summed E-state index contributed by atoms with van der Waals surface area (Å²) in [5.74, 6) is 0.207. The monoisotopic (exact) mass is 330 g/mol. The van der Waals surface area contributed by atoms with Crippen LogP contribution in [0, 0.1) is 11.3 Å². The van der Waals surface area contributed by atoms with E-state index in [-0.39, 0.29) is 28.7 Å². The molecule has 2 N–H and O–H groups in total. The SMILES string of the molecule is CC(C)(C)C[C@@H]1NCCC[C@@H]1C(=O)Nc1cccc(C(C)(C)C)c1. The molecule has 0 spiro atoms. The van der Waals surface area contributed by atoms with E-state index < -0.39 is 0 Å². The van der Waals surface area contributed by atoms with Gasteiger partial charge in [-0.25, -0.2) is 0 Å². The molecule has 2 atom stereocenters. The van der Waals surface area contributed by atoms with Crippen LogP contribution in [0.2, 0.25) is 0 Å². The van der Waals surface area contributed by atoms with E-state index in [0.29, 0.717) is 0 Å². The lowest BCUT2D eigenvalue weighted by atomic mass is 9.79. The zero-order valence-corrected chi connectivity index (χ0v) is 16.2. The van der Waals surface area contributed by atoms with Crippen molar-refractivity contribution in [3.63, 3.8) is 0 Å². The summed E-state index contributed by atoms with van der Waals surface area (Å²) in [6.45, 7) is 14.3. The van der Waals surface area contributed by atoms with Gasteiger partial charge in [-0.05, 0) is 54.3 Å². The summed E-state index contributed by atoms with van der Waals surface area (Å²) in [7, 11) is 0. The molecule has 0 unspecified atom stereocenters. The minimum atomic E-state index is 0.0521. The Kier molecular flexibility index (Phi) is 5.74. The van der Waals surface area contributed by atoms with Gasteiger partial charge in [0.1, 0.15) is 0 Å². The number of benzene rings is 1. The fourth-order valence-electron chi connectivity index (χ4n) is 3.44. The molecule has 0 aliphatic carbocycles. The van der Waals surface area contributed by atoms with Gasteiger partial charge in [0, 0.05) is 11.7 Å². The van der Waals surface area contributed by atoms with E-state index in [1.165, 1.54) is 5.56 Å². The molecule has 134 valence electrons.